The second kappa shape index (κ2) is 8.10. The van der Waals surface area contributed by atoms with Crippen LogP contribution in [0.5, 0.6) is 0 Å². The van der Waals surface area contributed by atoms with Crippen molar-refractivity contribution in [2.45, 2.75) is 20.4 Å². The lowest BCUT2D eigenvalue weighted by Gasteiger charge is -2.09. The summed E-state index contributed by atoms with van der Waals surface area (Å²) >= 11 is 2.96. The monoisotopic (exact) mass is 426 g/mol. The van der Waals surface area contributed by atoms with Crippen molar-refractivity contribution in [2.24, 2.45) is 0 Å². The fourth-order valence-electron chi connectivity index (χ4n) is 2.82. The Morgan fingerprint density at radius 3 is 2.83 bits per heavy atom. The first-order valence-electron chi connectivity index (χ1n) is 8.91. The van der Waals surface area contributed by atoms with E-state index in [0.29, 0.717) is 16.4 Å². The average Bonchev–Trinajstić information content (AvgIpc) is 3.44. The number of hydrogen-bond acceptors (Lipinski definition) is 7. The molecule has 0 aromatic carbocycles. The summed E-state index contributed by atoms with van der Waals surface area (Å²) in [5.74, 6) is 1.18. The highest BCUT2D eigenvalue weighted by atomic mass is 32.1. The second-order valence-corrected chi connectivity index (χ2v) is 8.21. The first-order valence-corrected chi connectivity index (χ1v) is 10.6. The molecule has 0 aliphatic carbocycles. The van der Waals surface area contributed by atoms with Crippen molar-refractivity contribution in [1.29, 1.82) is 0 Å². The fourth-order valence-corrected chi connectivity index (χ4v) is 4.59. The van der Waals surface area contributed by atoms with E-state index >= 15 is 0 Å². The fraction of sp³-hybridized carbons (Fsp3) is 0.211. The van der Waals surface area contributed by atoms with Gasteiger partial charge < -0.3 is 5.32 Å². The summed E-state index contributed by atoms with van der Waals surface area (Å²) in [6, 6.07) is 7.06. The van der Waals surface area contributed by atoms with E-state index in [1.165, 1.54) is 22.1 Å². The third-order valence-corrected chi connectivity index (χ3v) is 6.46. The van der Waals surface area contributed by atoms with E-state index in [1.54, 1.807) is 34.4 Å². The third-order valence-electron chi connectivity index (χ3n) is 4.27. The highest BCUT2D eigenvalue weighted by Gasteiger charge is 2.16. The molecule has 0 aliphatic heterocycles. The molecule has 0 spiro atoms. The second-order valence-electron chi connectivity index (χ2n) is 6.26. The SMILES string of the molecule is Cc1nc(-c2cccs2)sc1C(=O)NCCn1nc(-n2ccnc2C)ccc1=O. The molecule has 8 nitrogen and oxygen atoms in total. The smallest absolute Gasteiger partial charge is 0.266 e. The van der Waals surface area contributed by atoms with Crippen LogP contribution in [0.3, 0.4) is 0 Å². The number of aromatic nitrogens is 5. The molecule has 0 saturated heterocycles. The standard InChI is InChI=1S/C19H18N6O2S2/c1-12-17(29-19(22-12)14-4-3-11-28-14)18(27)21-8-10-25-16(26)6-5-15(23-25)24-9-7-20-13(24)2/h3-7,9,11H,8,10H2,1-2H3,(H,21,27). The Morgan fingerprint density at radius 1 is 1.24 bits per heavy atom. The van der Waals surface area contributed by atoms with Crippen molar-refractivity contribution in [2.75, 3.05) is 6.54 Å². The third kappa shape index (κ3) is 4.03. The molecule has 148 valence electrons. The van der Waals surface area contributed by atoms with Gasteiger partial charge in [-0.05, 0) is 31.4 Å². The van der Waals surface area contributed by atoms with Crippen LogP contribution in [0.15, 0.2) is 46.8 Å². The zero-order valence-electron chi connectivity index (χ0n) is 15.8. The lowest BCUT2D eigenvalue weighted by atomic mass is 10.3. The van der Waals surface area contributed by atoms with Gasteiger partial charge in [0.1, 0.15) is 15.7 Å². The van der Waals surface area contributed by atoms with E-state index in [2.05, 4.69) is 20.4 Å². The van der Waals surface area contributed by atoms with E-state index in [9.17, 15) is 9.59 Å². The summed E-state index contributed by atoms with van der Waals surface area (Å²) in [5.41, 5.74) is 0.471. The molecule has 0 bridgehead atoms. The van der Waals surface area contributed by atoms with Gasteiger partial charge in [0.25, 0.3) is 11.5 Å². The Balaban J connectivity index is 1.44. The Labute approximate surface area is 174 Å². The number of rotatable bonds is 6. The van der Waals surface area contributed by atoms with Crippen molar-refractivity contribution in [3.63, 3.8) is 0 Å². The number of nitrogens with one attached hydrogen (secondary N) is 1. The van der Waals surface area contributed by atoms with Crippen LogP contribution in [0, 0.1) is 13.8 Å². The predicted molar refractivity (Wildman–Crippen MR) is 113 cm³/mol. The number of amides is 1. The van der Waals surface area contributed by atoms with E-state index < -0.39 is 0 Å². The van der Waals surface area contributed by atoms with Gasteiger partial charge in [0.15, 0.2) is 5.82 Å². The molecular formula is C19H18N6O2S2. The maximum Gasteiger partial charge on any atom is 0.266 e. The number of aryl methyl sites for hydroxylation is 2. The molecule has 4 rings (SSSR count). The van der Waals surface area contributed by atoms with Gasteiger partial charge in [0.2, 0.25) is 0 Å². The van der Waals surface area contributed by atoms with Gasteiger partial charge in [0.05, 0.1) is 17.1 Å². The first kappa shape index (κ1) is 19.2. The summed E-state index contributed by atoms with van der Waals surface area (Å²) in [6.07, 6.45) is 3.46. The summed E-state index contributed by atoms with van der Waals surface area (Å²) in [7, 11) is 0. The van der Waals surface area contributed by atoms with Gasteiger partial charge >= 0.3 is 0 Å². The molecule has 4 aromatic rings. The van der Waals surface area contributed by atoms with Crippen LogP contribution in [0.25, 0.3) is 15.7 Å². The predicted octanol–water partition coefficient (Wildman–Crippen LogP) is 2.66. The number of carbonyl (C=O) groups is 1. The molecule has 0 fully saturated rings. The van der Waals surface area contributed by atoms with Crippen LogP contribution in [0.1, 0.15) is 21.2 Å². The normalized spacial score (nSPS) is 11.0. The maximum atomic E-state index is 12.6. The number of thiophene rings is 1. The maximum absolute atomic E-state index is 12.6. The molecule has 4 aromatic heterocycles. The summed E-state index contributed by atoms with van der Waals surface area (Å²) in [6.45, 7) is 4.23. The number of thiazole rings is 1. The minimum atomic E-state index is -0.227. The van der Waals surface area contributed by atoms with E-state index in [4.69, 9.17) is 0 Å². The Bertz CT molecular complexity index is 1210. The molecule has 10 heteroatoms. The number of carbonyl (C=O) groups excluding carboxylic acids is 1. The van der Waals surface area contributed by atoms with Crippen LogP contribution in [-0.4, -0.2) is 36.8 Å². The lowest BCUT2D eigenvalue weighted by Crippen LogP contribution is -2.32. The van der Waals surface area contributed by atoms with Crippen LogP contribution >= 0.6 is 22.7 Å². The van der Waals surface area contributed by atoms with E-state index in [0.717, 1.165) is 15.7 Å². The summed E-state index contributed by atoms with van der Waals surface area (Å²) in [5, 5.41) is 10.0. The van der Waals surface area contributed by atoms with Gasteiger partial charge in [-0.25, -0.2) is 14.6 Å². The van der Waals surface area contributed by atoms with Crippen LogP contribution in [-0.2, 0) is 6.54 Å². The van der Waals surface area contributed by atoms with Gasteiger partial charge in [-0.3, -0.25) is 14.2 Å². The van der Waals surface area contributed by atoms with Crippen molar-refractivity contribution < 1.29 is 4.79 Å². The highest BCUT2D eigenvalue weighted by Crippen LogP contribution is 2.30. The van der Waals surface area contributed by atoms with Gasteiger partial charge in [0, 0.05) is 25.0 Å². The first-order chi connectivity index (χ1) is 14.0. The molecule has 4 heterocycles. The minimum Gasteiger partial charge on any atom is -0.349 e. The molecule has 0 radical (unpaired) electrons. The molecule has 1 N–H and O–H groups in total. The quantitative estimate of drug-likeness (QED) is 0.511. The minimum absolute atomic E-state index is 0.197. The van der Waals surface area contributed by atoms with Crippen LogP contribution in [0.2, 0.25) is 0 Å². The summed E-state index contributed by atoms with van der Waals surface area (Å²) < 4.78 is 3.13. The van der Waals surface area contributed by atoms with Crippen LogP contribution < -0.4 is 10.9 Å². The Kier molecular flexibility index (Phi) is 5.36. The average molecular weight is 427 g/mol. The molecule has 1 amide bonds. The molecular weight excluding hydrogens is 408 g/mol. The van der Waals surface area contributed by atoms with Crippen molar-refractivity contribution in [3.8, 4) is 15.7 Å². The number of imidazole rings is 1. The Morgan fingerprint density at radius 2 is 2.10 bits per heavy atom. The van der Waals surface area contributed by atoms with Gasteiger partial charge in [-0.1, -0.05) is 6.07 Å². The van der Waals surface area contributed by atoms with Crippen LogP contribution in [0.4, 0.5) is 0 Å². The lowest BCUT2D eigenvalue weighted by molar-refractivity contribution is 0.0955. The Hall–Kier alpha value is -3.11. The van der Waals surface area contributed by atoms with E-state index in [-0.39, 0.29) is 24.6 Å². The van der Waals surface area contributed by atoms with Gasteiger partial charge in [-0.15, -0.1) is 22.7 Å². The highest BCUT2D eigenvalue weighted by molar-refractivity contribution is 7.22. The number of hydrogen-bond donors (Lipinski definition) is 1. The molecule has 0 saturated carbocycles. The zero-order chi connectivity index (χ0) is 20.4. The van der Waals surface area contributed by atoms with Crippen molar-refractivity contribution >= 4 is 28.6 Å². The van der Waals surface area contributed by atoms with Crippen molar-refractivity contribution in [1.82, 2.24) is 29.6 Å². The van der Waals surface area contributed by atoms with Gasteiger partial charge in [-0.2, -0.15) is 5.10 Å². The zero-order valence-corrected chi connectivity index (χ0v) is 17.5. The largest absolute Gasteiger partial charge is 0.349 e. The molecule has 0 aliphatic rings. The molecule has 0 atom stereocenters. The topological polar surface area (TPSA) is 94.7 Å². The van der Waals surface area contributed by atoms with Crippen molar-refractivity contribution in [3.05, 3.63) is 68.8 Å². The molecule has 29 heavy (non-hydrogen) atoms. The van der Waals surface area contributed by atoms with E-state index in [1.807, 2.05) is 31.4 Å². The summed E-state index contributed by atoms with van der Waals surface area (Å²) in [4.78, 5) is 35.0. The number of nitrogens with zero attached hydrogens (tertiary/aromatic N) is 5. The molecule has 0 unspecified atom stereocenters.